The molecular weight excluding hydrogens is 459 g/mol. The number of hydrogen-bond donors (Lipinski definition) is 1. The number of carbonyl (C=O) groups excluding carboxylic acids is 1. The molecule has 112 valence electrons. The van der Waals surface area contributed by atoms with Gasteiger partial charge in [0.15, 0.2) is 3.77 Å². The second-order valence-corrected chi connectivity index (χ2v) is 6.48. The SMILES string of the molecule is Cc1cccc(NC(=O)/C(C#N)=C/c2cc(Br)c(I)o2)c1C. The molecule has 0 spiro atoms. The zero-order valence-electron chi connectivity index (χ0n) is 11.9. The fourth-order valence-electron chi connectivity index (χ4n) is 1.80. The standard InChI is InChI=1S/C16H12BrIN2O2/c1-9-4-3-5-14(10(9)2)20-16(21)11(8-19)6-12-7-13(17)15(18)22-12/h3-7H,1-2H3,(H,20,21)/b11-6+. The van der Waals surface area contributed by atoms with Crippen molar-refractivity contribution < 1.29 is 9.21 Å². The van der Waals surface area contributed by atoms with Crippen molar-refractivity contribution in [3.05, 3.63) is 55.0 Å². The Bertz CT molecular complexity index is 783. The number of aryl methyl sites for hydroxylation is 1. The summed E-state index contributed by atoms with van der Waals surface area (Å²) in [7, 11) is 0. The molecule has 1 heterocycles. The van der Waals surface area contributed by atoms with Crippen LogP contribution in [0.1, 0.15) is 16.9 Å². The Morgan fingerprint density at radius 2 is 2.18 bits per heavy atom. The first-order valence-electron chi connectivity index (χ1n) is 6.36. The van der Waals surface area contributed by atoms with Gasteiger partial charge in [0.1, 0.15) is 17.4 Å². The zero-order valence-corrected chi connectivity index (χ0v) is 15.6. The fraction of sp³-hybridized carbons (Fsp3) is 0.125. The predicted molar refractivity (Wildman–Crippen MR) is 97.3 cm³/mol. The lowest BCUT2D eigenvalue weighted by Crippen LogP contribution is -2.14. The van der Waals surface area contributed by atoms with Gasteiger partial charge in [-0.2, -0.15) is 5.26 Å². The molecule has 0 aliphatic heterocycles. The lowest BCUT2D eigenvalue weighted by atomic mass is 10.1. The molecule has 1 N–H and O–H groups in total. The maximum atomic E-state index is 12.2. The molecule has 0 atom stereocenters. The number of nitriles is 1. The maximum absolute atomic E-state index is 12.2. The highest BCUT2D eigenvalue weighted by molar-refractivity contribution is 14.1. The Kier molecular flexibility index (Phi) is 5.42. The Morgan fingerprint density at radius 3 is 2.77 bits per heavy atom. The van der Waals surface area contributed by atoms with Crippen LogP contribution in [-0.2, 0) is 4.79 Å². The largest absolute Gasteiger partial charge is 0.450 e. The first-order valence-corrected chi connectivity index (χ1v) is 8.23. The molecule has 1 aromatic carbocycles. The van der Waals surface area contributed by atoms with Crippen molar-refractivity contribution in [2.45, 2.75) is 13.8 Å². The summed E-state index contributed by atoms with van der Waals surface area (Å²) in [5.41, 5.74) is 2.73. The van der Waals surface area contributed by atoms with Gasteiger partial charge in [0.25, 0.3) is 5.91 Å². The van der Waals surface area contributed by atoms with E-state index < -0.39 is 5.91 Å². The van der Waals surface area contributed by atoms with Crippen molar-refractivity contribution >= 4 is 56.2 Å². The highest BCUT2D eigenvalue weighted by Gasteiger charge is 2.13. The summed E-state index contributed by atoms with van der Waals surface area (Å²) in [5.74, 6) is -0.0114. The van der Waals surface area contributed by atoms with Crippen molar-refractivity contribution in [3.63, 3.8) is 0 Å². The molecule has 0 aliphatic carbocycles. The van der Waals surface area contributed by atoms with E-state index in [0.29, 0.717) is 15.2 Å². The third kappa shape index (κ3) is 3.78. The summed E-state index contributed by atoms with van der Waals surface area (Å²) in [4.78, 5) is 12.2. The molecule has 0 bridgehead atoms. The number of rotatable bonds is 3. The van der Waals surface area contributed by atoms with Crippen LogP contribution in [0.2, 0.25) is 0 Å². The lowest BCUT2D eigenvalue weighted by Gasteiger charge is -2.09. The molecule has 4 nitrogen and oxygen atoms in total. The number of furan rings is 1. The van der Waals surface area contributed by atoms with Crippen LogP contribution in [0, 0.1) is 28.9 Å². The smallest absolute Gasteiger partial charge is 0.266 e. The van der Waals surface area contributed by atoms with Gasteiger partial charge in [-0.05, 0) is 53.0 Å². The normalized spacial score (nSPS) is 11.1. The summed E-state index contributed by atoms with van der Waals surface area (Å²) in [5, 5.41) is 12.0. The molecule has 0 radical (unpaired) electrons. The van der Waals surface area contributed by atoms with E-state index in [4.69, 9.17) is 4.42 Å². The quantitative estimate of drug-likeness (QED) is 0.397. The average Bonchev–Trinajstić information content (AvgIpc) is 2.79. The van der Waals surface area contributed by atoms with Crippen LogP contribution in [0.25, 0.3) is 6.08 Å². The lowest BCUT2D eigenvalue weighted by molar-refractivity contribution is -0.112. The number of benzene rings is 1. The molecular formula is C16H12BrIN2O2. The Hall–Kier alpha value is -1.59. The van der Waals surface area contributed by atoms with E-state index >= 15 is 0 Å². The summed E-state index contributed by atoms with van der Waals surface area (Å²) < 4.78 is 6.87. The van der Waals surface area contributed by atoms with Crippen LogP contribution in [-0.4, -0.2) is 5.91 Å². The highest BCUT2D eigenvalue weighted by atomic mass is 127. The van der Waals surface area contributed by atoms with E-state index in [1.54, 1.807) is 6.07 Å². The number of amides is 1. The van der Waals surface area contributed by atoms with Gasteiger partial charge in [-0.3, -0.25) is 4.79 Å². The zero-order chi connectivity index (χ0) is 16.3. The molecule has 22 heavy (non-hydrogen) atoms. The topological polar surface area (TPSA) is 66.0 Å². The molecule has 0 unspecified atom stereocenters. The molecule has 1 aromatic heterocycles. The molecule has 6 heteroatoms. The summed E-state index contributed by atoms with van der Waals surface area (Å²) >= 11 is 5.34. The third-order valence-corrected chi connectivity index (χ3v) is 5.30. The van der Waals surface area contributed by atoms with Crippen LogP contribution in [0.4, 0.5) is 5.69 Å². The van der Waals surface area contributed by atoms with Gasteiger partial charge in [-0.15, -0.1) is 0 Å². The van der Waals surface area contributed by atoms with Gasteiger partial charge in [-0.1, -0.05) is 12.1 Å². The van der Waals surface area contributed by atoms with Gasteiger partial charge in [-0.25, -0.2) is 0 Å². The van der Waals surface area contributed by atoms with Crippen molar-refractivity contribution in [2.24, 2.45) is 0 Å². The van der Waals surface area contributed by atoms with E-state index in [1.807, 2.05) is 60.7 Å². The van der Waals surface area contributed by atoms with Gasteiger partial charge in [0, 0.05) is 34.4 Å². The van der Waals surface area contributed by atoms with Crippen LogP contribution in [0.3, 0.4) is 0 Å². The fourth-order valence-corrected chi connectivity index (χ4v) is 2.52. The summed E-state index contributed by atoms with van der Waals surface area (Å²) in [6.07, 6.45) is 1.42. The molecule has 2 aromatic rings. The van der Waals surface area contributed by atoms with E-state index in [-0.39, 0.29) is 5.57 Å². The van der Waals surface area contributed by atoms with Crippen molar-refractivity contribution in [1.82, 2.24) is 0 Å². The van der Waals surface area contributed by atoms with Crippen molar-refractivity contribution in [3.8, 4) is 6.07 Å². The number of hydrogen-bond acceptors (Lipinski definition) is 3. The predicted octanol–water partition coefficient (Wildman–Crippen LogP) is 4.81. The van der Waals surface area contributed by atoms with E-state index in [1.165, 1.54) is 6.08 Å². The van der Waals surface area contributed by atoms with Gasteiger partial charge >= 0.3 is 0 Å². The molecule has 1 amide bonds. The molecule has 2 rings (SSSR count). The first kappa shape index (κ1) is 16.8. The number of halogens is 2. The minimum absolute atomic E-state index is 0.0152. The average molecular weight is 471 g/mol. The third-order valence-electron chi connectivity index (χ3n) is 3.17. The number of anilines is 1. The van der Waals surface area contributed by atoms with Gasteiger partial charge in [0.05, 0.1) is 4.47 Å². The molecule has 0 saturated carbocycles. The molecule has 0 saturated heterocycles. The van der Waals surface area contributed by atoms with Crippen molar-refractivity contribution in [1.29, 1.82) is 5.26 Å². The van der Waals surface area contributed by atoms with E-state index in [2.05, 4.69) is 21.2 Å². The Labute approximate surface area is 150 Å². The van der Waals surface area contributed by atoms with Crippen LogP contribution >= 0.6 is 38.5 Å². The summed E-state index contributed by atoms with van der Waals surface area (Å²) in [6.45, 7) is 3.89. The van der Waals surface area contributed by atoms with E-state index in [0.717, 1.165) is 15.6 Å². The van der Waals surface area contributed by atoms with Gasteiger partial charge in [0.2, 0.25) is 0 Å². The second kappa shape index (κ2) is 7.11. The van der Waals surface area contributed by atoms with Crippen LogP contribution in [0.5, 0.6) is 0 Å². The number of nitrogens with one attached hydrogen (secondary N) is 1. The van der Waals surface area contributed by atoms with Crippen LogP contribution in [0.15, 0.2) is 38.7 Å². The minimum atomic E-state index is -0.460. The molecule has 0 fully saturated rings. The monoisotopic (exact) mass is 470 g/mol. The summed E-state index contributed by atoms with van der Waals surface area (Å²) in [6, 6.07) is 9.25. The molecule has 0 aliphatic rings. The van der Waals surface area contributed by atoms with E-state index in [9.17, 15) is 10.1 Å². The number of nitrogens with zero attached hydrogens (tertiary/aromatic N) is 1. The Balaban J connectivity index is 2.26. The maximum Gasteiger partial charge on any atom is 0.266 e. The highest BCUT2D eigenvalue weighted by Crippen LogP contribution is 2.25. The first-order chi connectivity index (χ1) is 10.4. The van der Waals surface area contributed by atoms with Crippen molar-refractivity contribution in [2.75, 3.05) is 5.32 Å². The minimum Gasteiger partial charge on any atom is -0.450 e. The second-order valence-electron chi connectivity index (χ2n) is 4.64. The van der Waals surface area contributed by atoms with Gasteiger partial charge < -0.3 is 9.73 Å². The van der Waals surface area contributed by atoms with Crippen LogP contribution < -0.4 is 5.32 Å². The number of carbonyl (C=O) groups is 1. The Morgan fingerprint density at radius 1 is 1.45 bits per heavy atom.